The van der Waals surface area contributed by atoms with Gasteiger partial charge in [0.05, 0.1) is 5.92 Å². The highest BCUT2D eigenvalue weighted by Crippen LogP contribution is 2.23. The molecule has 3 rings (SSSR count). The molecule has 2 heterocycles. The SMILES string of the molecule is CC(C)(C)C(=O)N1CCCC(C(=O)NCc2ccc(OCc3cccnc3)cc2)C1. The minimum Gasteiger partial charge on any atom is -0.489 e. The van der Waals surface area contributed by atoms with Crippen LogP contribution in [0.15, 0.2) is 48.8 Å². The topological polar surface area (TPSA) is 71.5 Å². The molecule has 30 heavy (non-hydrogen) atoms. The van der Waals surface area contributed by atoms with E-state index in [2.05, 4.69) is 10.3 Å². The van der Waals surface area contributed by atoms with Gasteiger partial charge in [0.25, 0.3) is 0 Å². The van der Waals surface area contributed by atoms with Crippen molar-refractivity contribution in [2.24, 2.45) is 11.3 Å². The lowest BCUT2D eigenvalue weighted by atomic mass is 9.91. The molecule has 1 aliphatic heterocycles. The number of nitrogens with one attached hydrogen (secondary N) is 1. The third-order valence-corrected chi connectivity index (χ3v) is 5.24. The number of carbonyl (C=O) groups excluding carboxylic acids is 2. The van der Waals surface area contributed by atoms with E-state index >= 15 is 0 Å². The van der Waals surface area contributed by atoms with Gasteiger partial charge in [-0.05, 0) is 36.6 Å². The van der Waals surface area contributed by atoms with Crippen molar-refractivity contribution in [3.63, 3.8) is 0 Å². The Kier molecular flexibility index (Phi) is 7.08. The van der Waals surface area contributed by atoms with E-state index in [1.807, 2.05) is 62.1 Å². The molecule has 1 aromatic heterocycles. The first kappa shape index (κ1) is 21.8. The molecular weight excluding hydrogens is 378 g/mol. The molecule has 6 heteroatoms. The van der Waals surface area contributed by atoms with Crippen molar-refractivity contribution in [2.75, 3.05) is 13.1 Å². The average molecular weight is 410 g/mol. The van der Waals surface area contributed by atoms with Crippen LogP contribution in [0.25, 0.3) is 0 Å². The largest absolute Gasteiger partial charge is 0.489 e. The Morgan fingerprint density at radius 2 is 1.93 bits per heavy atom. The van der Waals surface area contributed by atoms with Gasteiger partial charge in [-0.25, -0.2) is 0 Å². The summed E-state index contributed by atoms with van der Waals surface area (Å²) in [6.07, 6.45) is 5.20. The van der Waals surface area contributed by atoms with Gasteiger partial charge < -0.3 is 15.0 Å². The molecule has 0 radical (unpaired) electrons. The van der Waals surface area contributed by atoms with Crippen LogP contribution in [-0.4, -0.2) is 34.8 Å². The molecule has 1 unspecified atom stereocenters. The smallest absolute Gasteiger partial charge is 0.227 e. The molecule has 0 bridgehead atoms. The molecule has 2 amide bonds. The summed E-state index contributed by atoms with van der Waals surface area (Å²) in [7, 11) is 0. The summed E-state index contributed by atoms with van der Waals surface area (Å²) in [4.78, 5) is 31.1. The molecule has 1 N–H and O–H groups in total. The fourth-order valence-corrected chi connectivity index (χ4v) is 3.54. The van der Waals surface area contributed by atoms with Crippen molar-refractivity contribution in [2.45, 2.75) is 46.8 Å². The highest BCUT2D eigenvalue weighted by atomic mass is 16.5. The number of hydrogen-bond donors (Lipinski definition) is 1. The first-order valence-corrected chi connectivity index (χ1v) is 10.5. The van der Waals surface area contributed by atoms with Gasteiger partial charge in [0.1, 0.15) is 12.4 Å². The summed E-state index contributed by atoms with van der Waals surface area (Å²) >= 11 is 0. The molecule has 6 nitrogen and oxygen atoms in total. The van der Waals surface area contributed by atoms with Crippen molar-refractivity contribution in [1.82, 2.24) is 15.2 Å². The second kappa shape index (κ2) is 9.74. The zero-order valence-corrected chi connectivity index (χ0v) is 18.1. The normalized spacial score (nSPS) is 16.8. The number of benzene rings is 1. The highest BCUT2D eigenvalue weighted by molar-refractivity contribution is 5.83. The molecular formula is C24H31N3O3. The summed E-state index contributed by atoms with van der Waals surface area (Å²) in [6.45, 7) is 7.93. The Morgan fingerprint density at radius 3 is 2.60 bits per heavy atom. The van der Waals surface area contributed by atoms with Gasteiger partial charge in [-0.1, -0.05) is 39.0 Å². The molecule has 0 spiro atoms. The Balaban J connectivity index is 1.46. The number of ether oxygens (including phenoxy) is 1. The van der Waals surface area contributed by atoms with Crippen LogP contribution < -0.4 is 10.1 Å². The molecule has 1 aliphatic rings. The van der Waals surface area contributed by atoms with Gasteiger partial charge in [0.2, 0.25) is 11.8 Å². The van der Waals surface area contributed by atoms with Crippen LogP contribution in [0.4, 0.5) is 0 Å². The molecule has 0 aliphatic carbocycles. The average Bonchev–Trinajstić information content (AvgIpc) is 2.76. The van der Waals surface area contributed by atoms with E-state index in [4.69, 9.17) is 4.74 Å². The lowest BCUT2D eigenvalue weighted by molar-refractivity contribution is -0.142. The molecule has 1 fully saturated rings. The minimum atomic E-state index is -0.417. The maximum atomic E-state index is 12.6. The number of piperidine rings is 1. The number of amides is 2. The predicted molar refractivity (Wildman–Crippen MR) is 116 cm³/mol. The Bertz CT molecular complexity index is 844. The van der Waals surface area contributed by atoms with Crippen molar-refractivity contribution in [1.29, 1.82) is 0 Å². The Labute approximate surface area is 178 Å². The summed E-state index contributed by atoms with van der Waals surface area (Å²) < 4.78 is 5.76. The fraction of sp³-hybridized carbons (Fsp3) is 0.458. The Morgan fingerprint density at radius 1 is 1.17 bits per heavy atom. The van der Waals surface area contributed by atoms with Crippen molar-refractivity contribution < 1.29 is 14.3 Å². The number of rotatable bonds is 6. The standard InChI is InChI=1S/C24H31N3O3/c1-24(2,3)23(29)27-13-5-7-20(16-27)22(28)26-15-18-8-10-21(11-9-18)30-17-19-6-4-12-25-14-19/h4,6,8-12,14,20H,5,7,13,15-17H2,1-3H3,(H,26,28). The fourth-order valence-electron chi connectivity index (χ4n) is 3.54. The second-order valence-electron chi connectivity index (χ2n) is 8.85. The second-order valence-corrected chi connectivity index (χ2v) is 8.85. The van der Waals surface area contributed by atoms with Gasteiger partial charge in [-0.3, -0.25) is 14.6 Å². The minimum absolute atomic E-state index is 0.0123. The van der Waals surface area contributed by atoms with E-state index in [1.165, 1.54) is 0 Å². The predicted octanol–water partition coefficient (Wildman–Crippen LogP) is 3.56. The van der Waals surface area contributed by atoms with Crippen LogP contribution >= 0.6 is 0 Å². The molecule has 2 aromatic rings. The number of carbonyl (C=O) groups is 2. The third-order valence-electron chi connectivity index (χ3n) is 5.24. The molecule has 160 valence electrons. The van der Waals surface area contributed by atoms with Crippen molar-refractivity contribution in [3.8, 4) is 5.75 Å². The van der Waals surface area contributed by atoms with Crippen molar-refractivity contribution in [3.05, 3.63) is 59.9 Å². The monoisotopic (exact) mass is 409 g/mol. The third kappa shape index (κ3) is 6.05. The van der Waals surface area contributed by atoms with Crippen LogP contribution in [-0.2, 0) is 22.7 Å². The number of nitrogens with zero attached hydrogens (tertiary/aromatic N) is 2. The first-order chi connectivity index (χ1) is 14.3. The summed E-state index contributed by atoms with van der Waals surface area (Å²) in [5.74, 6) is 0.755. The van der Waals surface area contributed by atoms with Gasteiger partial charge in [-0.2, -0.15) is 0 Å². The van der Waals surface area contributed by atoms with E-state index in [0.717, 1.165) is 36.3 Å². The number of likely N-dealkylation sites (tertiary alicyclic amines) is 1. The maximum Gasteiger partial charge on any atom is 0.227 e. The van der Waals surface area contributed by atoms with E-state index in [-0.39, 0.29) is 17.7 Å². The van der Waals surface area contributed by atoms with Gasteiger partial charge in [-0.15, -0.1) is 0 Å². The van der Waals surface area contributed by atoms with Crippen molar-refractivity contribution >= 4 is 11.8 Å². The highest BCUT2D eigenvalue weighted by Gasteiger charge is 2.33. The van der Waals surface area contributed by atoms with Gasteiger partial charge in [0.15, 0.2) is 0 Å². The lowest BCUT2D eigenvalue weighted by Crippen LogP contribution is -2.48. The van der Waals surface area contributed by atoms with E-state index in [0.29, 0.717) is 19.7 Å². The van der Waals surface area contributed by atoms with Crippen LogP contribution in [0.5, 0.6) is 5.75 Å². The number of hydrogen-bond acceptors (Lipinski definition) is 4. The van der Waals surface area contributed by atoms with Crippen LogP contribution in [0, 0.1) is 11.3 Å². The Hall–Kier alpha value is -2.89. The summed E-state index contributed by atoms with van der Waals surface area (Å²) in [5.41, 5.74) is 1.61. The van der Waals surface area contributed by atoms with Gasteiger partial charge >= 0.3 is 0 Å². The van der Waals surface area contributed by atoms with Crippen LogP contribution in [0.1, 0.15) is 44.7 Å². The quantitative estimate of drug-likeness (QED) is 0.792. The number of aromatic nitrogens is 1. The maximum absolute atomic E-state index is 12.6. The first-order valence-electron chi connectivity index (χ1n) is 10.5. The summed E-state index contributed by atoms with van der Waals surface area (Å²) in [6, 6.07) is 11.6. The van der Waals surface area contributed by atoms with E-state index < -0.39 is 5.41 Å². The zero-order valence-electron chi connectivity index (χ0n) is 18.1. The van der Waals surface area contributed by atoms with Crippen LogP contribution in [0.2, 0.25) is 0 Å². The molecule has 1 saturated heterocycles. The molecule has 1 aromatic carbocycles. The molecule has 1 atom stereocenters. The van der Waals surface area contributed by atoms with Gasteiger partial charge in [0, 0.05) is 43.0 Å². The van der Waals surface area contributed by atoms with Crippen LogP contribution in [0.3, 0.4) is 0 Å². The lowest BCUT2D eigenvalue weighted by Gasteiger charge is -2.35. The summed E-state index contributed by atoms with van der Waals surface area (Å²) in [5, 5.41) is 3.02. The van der Waals surface area contributed by atoms with E-state index in [9.17, 15) is 9.59 Å². The van der Waals surface area contributed by atoms with E-state index in [1.54, 1.807) is 12.4 Å². The number of pyridine rings is 1. The zero-order chi connectivity index (χ0) is 21.6. The molecule has 0 saturated carbocycles.